The molecule has 1 aliphatic carbocycles. The number of aromatic carboxylic acids is 1. The maximum absolute atomic E-state index is 12.4. The number of carbonyl (C=O) groups is 2. The van der Waals surface area contributed by atoms with Crippen molar-refractivity contribution in [1.29, 1.82) is 0 Å². The molecule has 1 aliphatic heterocycles. The Kier molecular flexibility index (Phi) is 2.52. The fraction of sp³-hybridized carbons (Fsp3) is 0.429. The molecule has 19 heavy (non-hydrogen) atoms. The molecule has 0 saturated heterocycles. The maximum atomic E-state index is 12.4. The highest BCUT2D eigenvalue weighted by atomic mass is 16.4. The van der Waals surface area contributed by atoms with Crippen molar-refractivity contribution in [3.63, 3.8) is 0 Å². The minimum Gasteiger partial charge on any atom is -0.478 e. The molecule has 1 aromatic carbocycles. The number of carboxylic acid groups (broad SMARTS) is 1. The highest BCUT2D eigenvalue weighted by Crippen LogP contribution is 2.44. The molecule has 0 spiro atoms. The van der Waals surface area contributed by atoms with E-state index in [1.165, 1.54) is 0 Å². The number of hydrogen-bond acceptors (Lipinski definition) is 3. The number of nitrogens with one attached hydrogen (secondary N) is 2. The van der Waals surface area contributed by atoms with Gasteiger partial charge in [0, 0.05) is 6.04 Å². The molecular formula is C14H16N2O3. The molecule has 1 heterocycles. The van der Waals surface area contributed by atoms with E-state index in [1.807, 2.05) is 6.92 Å². The van der Waals surface area contributed by atoms with Crippen molar-refractivity contribution in [1.82, 2.24) is 0 Å². The predicted molar refractivity (Wildman–Crippen MR) is 71.4 cm³/mol. The number of rotatable bonds is 1. The molecule has 1 amide bonds. The third kappa shape index (κ3) is 1.69. The van der Waals surface area contributed by atoms with E-state index in [0.717, 1.165) is 19.3 Å². The van der Waals surface area contributed by atoms with E-state index in [-0.39, 0.29) is 17.5 Å². The van der Waals surface area contributed by atoms with Crippen LogP contribution in [0, 0.1) is 5.41 Å². The van der Waals surface area contributed by atoms with Crippen LogP contribution in [0.3, 0.4) is 0 Å². The van der Waals surface area contributed by atoms with Crippen molar-refractivity contribution in [2.24, 2.45) is 5.41 Å². The molecule has 1 saturated carbocycles. The predicted octanol–water partition coefficient (Wildman–Crippen LogP) is 2.31. The Bertz CT molecular complexity index is 570. The topological polar surface area (TPSA) is 78.4 Å². The van der Waals surface area contributed by atoms with Gasteiger partial charge in [-0.1, -0.05) is 12.5 Å². The second kappa shape index (κ2) is 3.98. The number of carbonyl (C=O) groups excluding carboxylic acids is 1. The first-order valence-electron chi connectivity index (χ1n) is 6.47. The van der Waals surface area contributed by atoms with E-state index in [9.17, 15) is 14.7 Å². The Morgan fingerprint density at radius 1 is 1.47 bits per heavy atom. The van der Waals surface area contributed by atoms with E-state index < -0.39 is 11.4 Å². The Morgan fingerprint density at radius 3 is 3.00 bits per heavy atom. The lowest BCUT2D eigenvalue weighted by Gasteiger charge is -2.28. The first-order valence-corrected chi connectivity index (χ1v) is 6.47. The van der Waals surface area contributed by atoms with Crippen LogP contribution in [0.5, 0.6) is 0 Å². The number of anilines is 2. The van der Waals surface area contributed by atoms with E-state index in [0.29, 0.717) is 11.4 Å². The van der Waals surface area contributed by atoms with Crippen LogP contribution in [0.15, 0.2) is 18.2 Å². The Morgan fingerprint density at radius 2 is 2.26 bits per heavy atom. The number of benzene rings is 1. The molecule has 3 N–H and O–H groups in total. The van der Waals surface area contributed by atoms with E-state index in [4.69, 9.17) is 0 Å². The van der Waals surface area contributed by atoms with Gasteiger partial charge in [-0.15, -0.1) is 0 Å². The summed E-state index contributed by atoms with van der Waals surface area (Å²) in [4.78, 5) is 23.6. The lowest BCUT2D eigenvalue weighted by molar-refractivity contribution is -0.124. The number of hydrogen-bond donors (Lipinski definition) is 3. The summed E-state index contributed by atoms with van der Waals surface area (Å²) in [6.07, 6.45) is 2.69. The van der Waals surface area contributed by atoms with Gasteiger partial charge in [0.15, 0.2) is 0 Å². The van der Waals surface area contributed by atoms with Gasteiger partial charge < -0.3 is 15.7 Å². The van der Waals surface area contributed by atoms with Crippen LogP contribution in [0.2, 0.25) is 0 Å². The van der Waals surface area contributed by atoms with Crippen LogP contribution >= 0.6 is 0 Å². The standard InChI is InChI=1S/C14H16N2O3/c1-14-7-3-6-10(14)16-11-8(12(17)18)4-2-5-9(11)15-13(14)19/h2,4-5,10,16H,3,6-7H2,1H3,(H,15,19)(H,17,18). The monoisotopic (exact) mass is 260 g/mol. The zero-order valence-electron chi connectivity index (χ0n) is 10.7. The highest BCUT2D eigenvalue weighted by Gasteiger charge is 2.47. The Hall–Kier alpha value is -2.04. The van der Waals surface area contributed by atoms with Gasteiger partial charge in [-0.2, -0.15) is 0 Å². The molecular weight excluding hydrogens is 244 g/mol. The third-order valence-corrected chi connectivity index (χ3v) is 4.34. The first kappa shape index (κ1) is 12.0. The molecule has 1 fully saturated rings. The molecule has 1 aromatic rings. The summed E-state index contributed by atoms with van der Waals surface area (Å²) in [5.74, 6) is -1.01. The van der Waals surface area contributed by atoms with Crippen molar-refractivity contribution in [3.05, 3.63) is 23.8 Å². The zero-order chi connectivity index (χ0) is 13.6. The summed E-state index contributed by atoms with van der Waals surface area (Å²) in [5, 5.41) is 15.4. The Balaban J connectivity index is 2.12. The van der Waals surface area contributed by atoms with Crippen LogP contribution in [0.4, 0.5) is 11.4 Å². The summed E-state index contributed by atoms with van der Waals surface area (Å²) in [6.45, 7) is 1.94. The fourth-order valence-corrected chi connectivity index (χ4v) is 3.10. The smallest absolute Gasteiger partial charge is 0.337 e. The quantitative estimate of drug-likeness (QED) is 0.724. The molecule has 0 radical (unpaired) electrons. The van der Waals surface area contributed by atoms with Crippen LogP contribution < -0.4 is 10.6 Å². The number of carboxylic acids is 1. The number of fused-ring (bicyclic) bond motifs is 2. The second-order valence-corrected chi connectivity index (χ2v) is 5.49. The largest absolute Gasteiger partial charge is 0.478 e. The van der Waals surface area contributed by atoms with Gasteiger partial charge in [-0.3, -0.25) is 4.79 Å². The molecule has 3 rings (SSSR count). The molecule has 0 bridgehead atoms. The average molecular weight is 260 g/mol. The van der Waals surface area contributed by atoms with Crippen LogP contribution in [-0.2, 0) is 4.79 Å². The minimum absolute atomic E-state index is 0.00532. The van der Waals surface area contributed by atoms with Crippen molar-refractivity contribution < 1.29 is 14.7 Å². The van der Waals surface area contributed by atoms with E-state index in [1.54, 1.807) is 18.2 Å². The van der Waals surface area contributed by atoms with Gasteiger partial charge in [0.05, 0.1) is 22.4 Å². The molecule has 2 atom stereocenters. The summed E-state index contributed by atoms with van der Waals surface area (Å²) >= 11 is 0. The second-order valence-electron chi connectivity index (χ2n) is 5.49. The van der Waals surface area contributed by atoms with E-state index >= 15 is 0 Å². The van der Waals surface area contributed by atoms with E-state index in [2.05, 4.69) is 10.6 Å². The molecule has 5 nitrogen and oxygen atoms in total. The lowest BCUT2D eigenvalue weighted by atomic mass is 9.84. The Labute approximate surface area is 111 Å². The molecule has 0 aromatic heterocycles. The molecule has 5 heteroatoms. The first-order chi connectivity index (χ1) is 9.02. The molecule has 100 valence electrons. The van der Waals surface area contributed by atoms with Gasteiger partial charge in [0.25, 0.3) is 0 Å². The third-order valence-electron chi connectivity index (χ3n) is 4.34. The van der Waals surface area contributed by atoms with Gasteiger partial charge in [0.2, 0.25) is 5.91 Å². The van der Waals surface area contributed by atoms with Crippen molar-refractivity contribution in [2.45, 2.75) is 32.2 Å². The number of para-hydroxylation sites is 1. The van der Waals surface area contributed by atoms with Gasteiger partial charge in [-0.25, -0.2) is 4.79 Å². The fourth-order valence-electron chi connectivity index (χ4n) is 3.10. The summed E-state index contributed by atoms with van der Waals surface area (Å²) in [5.41, 5.74) is 0.822. The highest BCUT2D eigenvalue weighted by molar-refractivity contribution is 6.05. The summed E-state index contributed by atoms with van der Waals surface area (Å²) < 4.78 is 0. The normalized spacial score (nSPS) is 28.7. The van der Waals surface area contributed by atoms with Crippen molar-refractivity contribution >= 4 is 23.3 Å². The zero-order valence-corrected chi connectivity index (χ0v) is 10.7. The molecule has 2 unspecified atom stereocenters. The minimum atomic E-state index is -0.986. The lowest BCUT2D eigenvalue weighted by Crippen LogP contribution is -2.41. The van der Waals surface area contributed by atoms with Crippen molar-refractivity contribution in [2.75, 3.05) is 10.6 Å². The van der Waals surface area contributed by atoms with Crippen LogP contribution in [0.1, 0.15) is 36.5 Å². The summed E-state index contributed by atoms with van der Waals surface area (Å²) in [6, 6.07) is 4.93. The average Bonchev–Trinajstić information content (AvgIpc) is 2.69. The van der Waals surface area contributed by atoms with Gasteiger partial charge in [0.1, 0.15) is 0 Å². The maximum Gasteiger partial charge on any atom is 0.337 e. The SMILES string of the molecule is CC12CCCC1Nc1c(cccc1C(=O)O)NC2=O. The molecule has 2 aliphatic rings. The van der Waals surface area contributed by atoms with Crippen LogP contribution in [0.25, 0.3) is 0 Å². The summed E-state index contributed by atoms with van der Waals surface area (Å²) in [7, 11) is 0. The van der Waals surface area contributed by atoms with Crippen molar-refractivity contribution in [3.8, 4) is 0 Å². The van der Waals surface area contributed by atoms with Gasteiger partial charge in [-0.05, 0) is 31.9 Å². The number of amides is 1. The van der Waals surface area contributed by atoms with Crippen LogP contribution in [-0.4, -0.2) is 23.0 Å². The van der Waals surface area contributed by atoms with Gasteiger partial charge >= 0.3 is 5.97 Å².